The molecule has 0 aliphatic carbocycles. The zero-order valence-corrected chi connectivity index (χ0v) is 18.6. The Morgan fingerprint density at radius 3 is 2.69 bits per heavy atom. The molecule has 13 heteroatoms. The summed E-state index contributed by atoms with van der Waals surface area (Å²) in [6.45, 7) is -0.413. The van der Waals surface area contributed by atoms with E-state index in [0.29, 0.717) is 10.5 Å². The van der Waals surface area contributed by atoms with E-state index in [9.17, 15) is 22.0 Å². The molecule has 2 aromatic heterocycles. The van der Waals surface area contributed by atoms with Crippen LogP contribution < -0.4 is 10.3 Å². The molecule has 1 fully saturated rings. The zero-order chi connectivity index (χ0) is 23.2. The number of rotatable bonds is 5. The summed E-state index contributed by atoms with van der Waals surface area (Å²) in [5.74, 6) is -2.31. The highest BCUT2D eigenvalue weighted by atomic mass is 32.2. The van der Waals surface area contributed by atoms with Crippen LogP contribution in [0.1, 0.15) is 6.42 Å². The normalized spacial score (nSPS) is 17.2. The van der Waals surface area contributed by atoms with Gasteiger partial charge in [0.15, 0.2) is 11.0 Å². The average Bonchev–Trinajstić information content (AvgIpc) is 3.21. The molecule has 8 nitrogen and oxygen atoms in total. The number of aromatic nitrogens is 3. The fraction of sp³-hybridized carbons (Fsp3) is 0.316. The quantitative estimate of drug-likeness (QED) is 0.441. The van der Waals surface area contributed by atoms with E-state index >= 15 is 4.39 Å². The molecule has 1 atom stereocenters. The summed E-state index contributed by atoms with van der Waals surface area (Å²) in [5.41, 5.74) is -2.00. The van der Waals surface area contributed by atoms with Crippen LogP contribution in [-0.4, -0.2) is 52.8 Å². The first kappa shape index (κ1) is 22.6. The maximum atomic E-state index is 15.3. The van der Waals surface area contributed by atoms with Gasteiger partial charge in [-0.3, -0.25) is 14.1 Å². The monoisotopic (exact) mass is 485 g/mol. The number of benzene rings is 1. The number of anilines is 1. The van der Waals surface area contributed by atoms with E-state index < -0.39 is 44.8 Å². The molecule has 0 unspecified atom stereocenters. The second-order valence-electron chi connectivity index (χ2n) is 7.19. The maximum Gasteiger partial charge on any atom is 0.301 e. The van der Waals surface area contributed by atoms with Crippen molar-refractivity contribution in [3.63, 3.8) is 0 Å². The number of hydrogen-bond acceptors (Lipinski definition) is 6. The van der Waals surface area contributed by atoms with Crippen molar-refractivity contribution in [3.8, 4) is 11.1 Å². The zero-order valence-electron chi connectivity index (χ0n) is 17.0. The molecule has 1 aliphatic rings. The number of hydrogen-bond donors (Lipinski definition) is 1. The van der Waals surface area contributed by atoms with Crippen LogP contribution >= 0.6 is 11.8 Å². The number of halogens is 3. The Morgan fingerprint density at radius 2 is 2.03 bits per heavy atom. The first-order valence-corrected chi connectivity index (χ1v) is 12.1. The first-order chi connectivity index (χ1) is 15.1. The molecule has 1 aliphatic heterocycles. The predicted octanol–water partition coefficient (Wildman–Crippen LogP) is 2.70. The number of fused-ring (bicyclic) bond motifs is 1. The number of aryl methyl sites for hydroxylation is 1. The Labute approximate surface area is 185 Å². The van der Waals surface area contributed by atoms with E-state index in [1.807, 2.05) is 4.72 Å². The van der Waals surface area contributed by atoms with Gasteiger partial charge in [0, 0.05) is 31.7 Å². The average molecular weight is 486 g/mol. The van der Waals surface area contributed by atoms with E-state index in [0.717, 1.165) is 21.0 Å². The summed E-state index contributed by atoms with van der Waals surface area (Å²) >= 11 is 1.27. The fourth-order valence-corrected chi connectivity index (χ4v) is 5.10. The van der Waals surface area contributed by atoms with Crippen LogP contribution in [0.3, 0.4) is 0 Å². The number of alkyl halides is 1. The van der Waals surface area contributed by atoms with Crippen molar-refractivity contribution >= 4 is 38.7 Å². The Balaban J connectivity index is 1.82. The van der Waals surface area contributed by atoms with Crippen LogP contribution in [0.25, 0.3) is 22.2 Å². The number of nitrogens with zero attached hydrogens (tertiary/aromatic N) is 4. The molecular formula is C19H18F3N5O3S2. The minimum Gasteiger partial charge on any atom is -0.295 e. The molecule has 170 valence electrons. The van der Waals surface area contributed by atoms with Crippen LogP contribution in [-0.2, 0) is 17.3 Å². The number of nitrogens with one attached hydrogen (secondary N) is 1. The highest BCUT2D eigenvalue weighted by molar-refractivity contribution is 7.98. The fourth-order valence-electron chi connectivity index (χ4n) is 3.50. The molecule has 3 aromatic rings. The van der Waals surface area contributed by atoms with Crippen LogP contribution in [0.15, 0.2) is 34.3 Å². The van der Waals surface area contributed by atoms with E-state index in [-0.39, 0.29) is 30.7 Å². The van der Waals surface area contributed by atoms with Crippen molar-refractivity contribution < 1.29 is 21.6 Å². The summed E-state index contributed by atoms with van der Waals surface area (Å²) in [5, 5.41) is 0.794. The van der Waals surface area contributed by atoms with Crippen molar-refractivity contribution in [1.82, 2.24) is 18.8 Å². The van der Waals surface area contributed by atoms with Gasteiger partial charge in [-0.1, -0.05) is 11.8 Å². The van der Waals surface area contributed by atoms with Gasteiger partial charge in [-0.2, -0.15) is 12.7 Å². The van der Waals surface area contributed by atoms with Crippen LogP contribution in [0, 0.1) is 11.6 Å². The highest BCUT2D eigenvalue weighted by Gasteiger charge is 2.32. The van der Waals surface area contributed by atoms with Crippen LogP contribution in [0.5, 0.6) is 0 Å². The van der Waals surface area contributed by atoms with Gasteiger partial charge in [0.2, 0.25) is 0 Å². The molecule has 0 amide bonds. The smallest absolute Gasteiger partial charge is 0.295 e. The Morgan fingerprint density at radius 1 is 1.28 bits per heavy atom. The Hall–Kier alpha value is -2.64. The van der Waals surface area contributed by atoms with Crippen molar-refractivity contribution in [2.75, 3.05) is 24.1 Å². The molecule has 4 rings (SSSR count). The lowest BCUT2D eigenvalue weighted by Gasteiger charge is -2.18. The van der Waals surface area contributed by atoms with E-state index in [4.69, 9.17) is 0 Å². The van der Waals surface area contributed by atoms with E-state index in [1.165, 1.54) is 31.1 Å². The Bertz CT molecular complexity index is 1380. The van der Waals surface area contributed by atoms with Gasteiger partial charge in [0.1, 0.15) is 17.6 Å². The standard InChI is InChI=1S/C19H18F3N5O3S2/c1-26-17-10(8-23-19(24-17)31-2)7-12(18(26)28)15-13(21)3-4-14(16(15)22)25-32(29,30)27-6-5-11(20)9-27/h3-4,7-8,11,25H,5-6,9H2,1-2H3/t11-/m1/s1. The maximum absolute atomic E-state index is 15.3. The molecule has 0 bridgehead atoms. The summed E-state index contributed by atoms with van der Waals surface area (Å²) in [7, 11) is -2.85. The van der Waals surface area contributed by atoms with Crippen molar-refractivity contribution in [2.24, 2.45) is 7.05 Å². The van der Waals surface area contributed by atoms with E-state index in [2.05, 4.69) is 9.97 Å². The minimum atomic E-state index is -4.27. The van der Waals surface area contributed by atoms with Crippen LogP contribution in [0.4, 0.5) is 18.9 Å². The molecule has 0 spiro atoms. The number of pyridine rings is 1. The molecular weight excluding hydrogens is 467 g/mol. The first-order valence-electron chi connectivity index (χ1n) is 9.43. The van der Waals surface area contributed by atoms with E-state index in [1.54, 1.807) is 6.26 Å². The summed E-state index contributed by atoms with van der Waals surface area (Å²) in [4.78, 5) is 21.3. The molecule has 0 radical (unpaired) electrons. The lowest BCUT2D eigenvalue weighted by atomic mass is 10.0. The number of thioether (sulfide) groups is 1. The topological polar surface area (TPSA) is 97.2 Å². The van der Waals surface area contributed by atoms with Crippen molar-refractivity contribution in [1.29, 1.82) is 0 Å². The van der Waals surface area contributed by atoms with Crippen molar-refractivity contribution in [2.45, 2.75) is 17.7 Å². The summed E-state index contributed by atoms with van der Waals surface area (Å²) in [6.07, 6.45) is 1.92. The third-order valence-electron chi connectivity index (χ3n) is 5.14. The largest absolute Gasteiger partial charge is 0.301 e. The summed E-state index contributed by atoms with van der Waals surface area (Å²) < 4.78 is 72.4. The predicted molar refractivity (Wildman–Crippen MR) is 116 cm³/mol. The second kappa shape index (κ2) is 8.37. The van der Waals surface area contributed by atoms with Crippen molar-refractivity contribution in [3.05, 3.63) is 46.4 Å². The molecule has 32 heavy (non-hydrogen) atoms. The van der Waals surface area contributed by atoms with Gasteiger partial charge in [0.05, 0.1) is 16.8 Å². The molecule has 1 aromatic carbocycles. The molecule has 0 saturated carbocycles. The van der Waals surface area contributed by atoms with Gasteiger partial charge in [-0.15, -0.1) is 0 Å². The molecule has 1 saturated heterocycles. The van der Waals surface area contributed by atoms with Gasteiger partial charge in [-0.25, -0.2) is 23.1 Å². The summed E-state index contributed by atoms with van der Waals surface area (Å²) in [6, 6.07) is 3.03. The highest BCUT2D eigenvalue weighted by Crippen LogP contribution is 2.31. The third-order valence-corrected chi connectivity index (χ3v) is 7.19. The third kappa shape index (κ3) is 3.95. The van der Waals surface area contributed by atoms with Gasteiger partial charge >= 0.3 is 10.2 Å². The molecule has 3 heterocycles. The molecule has 1 N–H and O–H groups in total. The van der Waals surface area contributed by atoms with Crippen LogP contribution in [0.2, 0.25) is 0 Å². The SMILES string of the molecule is CSc1ncc2cc(-c3c(F)ccc(NS(=O)(=O)N4CC[C@@H](F)C4)c3F)c(=O)n(C)c2n1. The lowest BCUT2D eigenvalue weighted by Crippen LogP contribution is -2.34. The van der Waals surface area contributed by atoms with Gasteiger partial charge in [0.25, 0.3) is 5.56 Å². The lowest BCUT2D eigenvalue weighted by molar-refractivity contribution is 0.343. The van der Waals surface area contributed by atoms with Gasteiger partial charge < -0.3 is 0 Å². The Kier molecular flexibility index (Phi) is 5.90. The second-order valence-corrected chi connectivity index (χ2v) is 9.64. The van der Waals surface area contributed by atoms with Gasteiger partial charge in [-0.05, 0) is 30.9 Å². The minimum absolute atomic E-state index is 0.0332.